The largest absolute Gasteiger partial charge is 0.484 e. The molecule has 9 nitrogen and oxygen atoms in total. The summed E-state index contributed by atoms with van der Waals surface area (Å²) in [6.07, 6.45) is 0.736. The van der Waals surface area contributed by atoms with Crippen LogP contribution in [-0.2, 0) is 20.8 Å². The molecule has 0 heterocycles. The Morgan fingerprint density at radius 2 is 1.55 bits per heavy atom. The smallest absolute Gasteiger partial charge is 0.262 e. The van der Waals surface area contributed by atoms with Gasteiger partial charge < -0.3 is 20.1 Å². The first-order valence-electron chi connectivity index (χ1n) is 13.6. The van der Waals surface area contributed by atoms with Crippen LogP contribution in [0.25, 0.3) is 0 Å². The number of carbonyl (C=O) groups excluding carboxylic acids is 3. The van der Waals surface area contributed by atoms with Gasteiger partial charge in [-0.2, -0.15) is 5.10 Å². The lowest BCUT2D eigenvalue weighted by molar-refractivity contribution is -0.132. The number of hydrogen-bond donors (Lipinski definition) is 3. The minimum Gasteiger partial charge on any atom is -0.484 e. The van der Waals surface area contributed by atoms with Crippen molar-refractivity contribution < 1.29 is 23.9 Å². The highest BCUT2D eigenvalue weighted by Gasteiger charge is 2.25. The molecule has 0 unspecified atom stereocenters. The first-order chi connectivity index (χ1) is 21.3. The highest BCUT2D eigenvalue weighted by atomic mass is 35.5. The van der Waals surface area contributed by atoms with Gasteiger partial charge in [-0.15, -0.1) is 0 Å². The summed E-state index contributed by atoms with van der Waals surface area (Å²) in [5.74, 6) is -0.518. The van der Waals surface area contributed by atoms with Crippen LogP contribution in [0.2, 0.25) is 10.0 Å². The van der Waals surface area contributed by atoms with Crippen LogP contribution in [0.5, 0.6) is 11.5 Å². The van der Waals surface area contributed by atoms with Crippen molar-refractivity contribution in [2.45, 2.75) is 25.5 Å². The van der Waals surface area contributed by atoms with Crippen LogP contribution in [0.4, 0.5) is 5.69 Å². The number of rotatable bonds is 13. The summed E-state index contributed by atoms with van der Waals surface area (Å²) in [7, 11) is 0. The summed E-state index contributed by atoms with van der Waals surface area (Å²) in [6, 6.07) is 28.9. The van der Waals surface area contributed by atoms with E-state index in [1.807, 2.05) is 48.5 Å². The Labute approximate surface area is 265 Å². The molecule has 3 N–H and O–H groups in total. The standard InChI is InChI=1S/C33H30Cl2N4O5/c1-22(44-30-17-14-25(34)19-28(30)35)32(41)38-29(18-23-8-4-2-5-9-23)33(42)39-36-20-24-12-15-27(16-13-24)43-21-31(40)37-26-10-6-3-7-11-26/h2-17,19-20,22,29H,18,21H2,1H3,(H,37,40)(H,38,41)(H,39,42)/b36-20-/t22-,29+/m0/s1. The van der Waals surface area contributed by atoms with Crippen molar-refractivity contribution in [2.75, 3.05) is 11.9 Å². The highest BCUT2D eigenvalue weighted by Crippen LogP contribution is 2.28. The number of amides is 3. The molecule has 226 valence electrons. The number of ether oxygens (including phenoxy) is 2. The van der Waals surface area contributed by atoms with Crippen molar-refractivity contribution in [1.82, 2.24) is 10.7 Å². The second-order valence-corrected chi connectivity index (χ2v) is 10.4. The number of carbonyl (C=O) groups is 3. The summed E-state index contributed by atoms with van der Waals surface area (Å²) in [5, 5.41) is 10.2. The SMILES string of the molecule is C[C@H](Oc1ccc(Cl)cc1Cl)C(=O)N[C@H](Cc1ccccc1)C(=O)N/N=C\c1ccc(OCC(=O)Nc2ccccc2)cc1. The first-order valence-corrected chi connectivity index (χ1v) is 14.4. The van der Waals surface area contributed by atoms with Crippen molar-refractivity contribution in [1.29, 1.82) is 0 Å². The van der Waals surface area contributed by atoms with E-state index < -0.39 is 24.0 Å². The highest BCUT2D eigenvalue weighted by molar-refractivity contribution is 6.35. The molecule has 0 aromatic heterocycles. The van der Waals surface area contributed by atoms with Crippen LogP contribution in [-0.4, -0.2) is 42.7 Å². The van der Waals surface area contributed by atoms with E-state index in [9.17, 15) is 14.4 Å². The van der Waals surface area contributed by atoms with Gasteiger partial charge in [0.2, 0.25) is 0 Å². The van der Waals surface area contributed by atoms with E-state index in [2.05, 4.69) is 21.2 Å². The molecule has 0 aliphatic rings. The molecule has 2 atom stereocenters. The predicted molar refractivity (Wildman–Crippen MR) is 171 cm³/mol. The van der Waals surface area contributed by atoms with Crippen LogP contribution >= 0.6 is 23.2 Å². The number of hydrazone groups is 1. The van der Waals surface area contributed by atoms with E-state index in [4.69, 9.17) is 32.7 Å². The zero-order valence-electron chi connectivity index (χ0n) is 23.7. The Balaban J connectivity index is 1.32. The van der Waals surface area contributed by atoms with E-state index in [0.29, 0.717) is 27.8 Å². The van der Waals surface area contributed by atoms with Crippen molar-refractivity contribution in [2.24, 2.45) is 5.10 Å². The van der Waals surface area contributed by atoms with Gasteiger partial charge in [0.1, 0.15) is 17.5 Å². The number of para-hydroxylation sites is 1. The maximum Gasteiger partial charge on any atom is 0.262 e. The third kappa shape index (κ3) is 10.1. The number of nitrogens with zero attached hydrogens (tertiary/aromatic N) is 1. The zero-order chi connectivity index (χ0) is 31.3. The molecule has 0 spiro atoms. The van der Waals surface area contributed by atoms with Crippen LogP contribution in [0, 0.1) is 0 Å². The average Bonchev–Trinajstić information content (AvgIpc) is 3.02. The Morgan fingerprint density at radius 1 is 0.864 bits per heavy atom. The number of hydrogen-bond acceptors (Lipinski definition) is 6. The summed E-state index contributed by atoms with van der Waals surface area (Å²) in [6.45, 7) is 1.41. The fourth-order valence-electron chi connectivity index (χ4n) is 3.93. The molecule has 0 saturated carbocycles. The van der Waals surface area contributed by atoms with Crippen molar-refractivity contribution >= 4 is 52.8 Å². The van der Waals surface area contributed by atoms with Crippen LogP contribution < -0.4 is 25.5 Å². The van der Waals surface area contributed by atoms with Gasteiger partial charge in [0.15, 0.2) is 12.7 Å². The number of halogens is 2. The molecule has 0 radical (unpaired) electrons. The molecule has 0 bridgehead atoms. The van der Waals surface area contributed by atoms with E-state index >= 15 is 0 Å². The lowest BCUT2D eigenvalue weighted by Gasteiger charge is -2.21. The molecule has 0 aliphatic carbocycles. The average molecular weight is 634 g/mol. The van der Waals surface area contributed by atoms with Gasteiger partial charge in [-0.3, -0.25) is 14.4 Å². The molecule has 11 heteroatoms. The summed E-state index contributed by atoms with van der Waals surface area (Å²) < 4.78 is 11.2. The Kier molecular flexibility index (Phi) is 11.7. The third-order valence-corrected chi connectivity index (χ3v) is 6.71. The van der Waals surface area contributed by atoms with Crippen molar-refractivity contribution in [3.8, 4) is 11.5 Å². The Hall–Kier alpha value is -4.86. The van der Waals surface area contributed by atoms with Gasteiger partial charge in [-0.1, -0.05) is 71.7 Å². The van der Waals surface area contributed by atoms with Gasteiger partial charge in [0.25, 0.3) is 17.7 Å². The Morgan fingerprint density at radius 3 is 2.23 bits per heavy atom. The topological polar surface area (TPSA) is 118 Å². The molecule has 44 heavy (non-hydrogen) atoms. The number of benzene rings is 4. The molecular formula is C33H30Cl2N4O5. The van der Waals surface area contributed by atoms with E-state index in [0.717, 1.165) is 5.56 Å². The molecule has 4 aromatic carbocycles. The maximum atomic E-state index is 13.1. The normalized spacial score (nSPS) is 12.2. The zero-order valence-corrected chi connectivity index (χ0v) is 25.2. The minimum absolute atomic E-state index is 0.149. The molecule has 0 aliphatic heterocycles. The quantitative estimate of drug-likeness (QED) is 0.130. The van der Waals surface area contributed by atoms with Gasteiger partial charge in [0, 0.05) is 17.1 Å². The lowest BCUT2D eigenvalue weighted by Crippen LogP contribution is -2.50. The maximum absolute atomic E-state index is 13.1. The van der Waals surface area contributed by atoms with Crippen LogP contribution in [0.3, 0.4) is 0 Å². The van der Waals surface area contributed by atoms with Gasteiger partial charge in [-0.25, -0.2) is 5.43 Å². The third-order valence-electron chi connectivity index (χ3n) is 6.18. The molecule has 4 rings (SSSR count). The number of anilines is 1. The Bertz CT molecular complexity index is 1590. The number of nitrogens with one attached hydrogen (secondary N) is 3. The summed E-state index contributed by atoms with van der Waals surface area (Å²) in [5.41, 5.74) is 4.70. The van der Waals surface area contributed by atoms with Crippen LogP contribution in [0.1, 0.15) is 18.1 Å². The van der Waals surface area contributed by atoms with E-state index in [1.54, 1.807) is 55.5 Å². The summed E-state index contributed by atoms with van der Waals surface area (Å²) >= 11 is 12.1. The molecule has 0 saturated heterocycles. The monoisotopic (exact) mass is 632 g/mol. The van der Waals surface area contributed by atoms with E-state index in [-0.39, 0.29) is 24.0 Å². The molecule has 0 fully saturated rings. The van der Waals surface area contributed by atoms with Crippen molar-refractivity contribution in [3.05, 3.63) is 124 Å². The lowest BCUT2D eigenvalue weighted by atomic mass is 10.1. The van der Waals surface area contributed by atoms with Crippen LogP contribution in [0.15, 0.2) is 108 Å². The molecule has 3 amide bonds. The predicted octanol–water partition coefficient (Wildman–Crippen LogP) is 5.66. The van der Waals surface area contributed by atoms with Gasteiger partial charge in [-0.05, 0) is 72.6 Å². The second-order valence-electron chi connectivity index (χ2n) is 9.59. The first kappa shape index (κ1) is 32.1. The van der Waals surface area contributed by atoms with Crippen molar-refractivity contribution in [3.63, 3.8) is 0 Å². The fourth-order valence-corrected chi connectivity index (χ4v) is 4.38. The minimum atomic E-state index is -0.951. The van der Waals surface area contributed by atoms with Gasteiger partial charge in [0.05, 0.1) is 11.2 Å². The molecular weight excluding hydrogens is 603 g/mol. The van der Waals surface area contributed by atoms with E-state index in [1.165, 1.54) is 12.3 Å². The summed E-state index contributed by atoms with van der Waals surface area (Å²) in [4.78, 5) is 38.2. The molecule has 4 aromatic rings. The van der Waals surface area contributed by atoms with Gasteiger partial charge >= 0.3 is 0 Å². The second kappa shape index (κ2) is 16.1. The fraction of sp³-hybridized carbons (Fsp3) is 0.152.